The molecule has 0 spiro atoms. The van der Waals surface area contributed by atoms with Gasteiger partial charge >= 0.3 is 137 Å². The number of hydrogen-bond donors (Lipinski definition) is 0. The van der Waals surface area contributed by atoms with Gasteiger partial charge in [0.05, 0.1) is 0 Å². The average Bonchev–Trinajstić information content (AvgIpc) is 2.20. The third kappa shape index (κ3) is 7.21. The summed E-state index contributed by atoms with van der Waals surface area (Å²) in [5, 5.41) is 0.210. The first-order chi connectivity index (χ1) is 9.12. The third-order valence-electron chi connectivity index (χ3n) is 4.07. The molecule has 0 aromatic rings. The van der Waals surface area contributed by atoms with Crippen LogP contribution in [-0.4, -0.2) is 27.7 Å². The van der Waals surface area contributed by atoms with E-state index in [1.807, 2.05) is 0 Å². The molecule has 0 aliphatic heterocycles. The third-order valence-corrected chi connectivity index (χ3v) is 10.4. The van der Waals surface area contributed by atoms with E-state index in [1.54, 1.807) is 0 Å². The second-order valence-corrected chi connectivity index (χ2v) is 23.8. The van der Waals surface area contributed by atoms with Gasteiger partial charge in [0.1, 0.15) is 0 Å². The molecule has 0 saturated carbocycles. The Morgan fingerprint density at radius 3 is 1.86 bits per heavy atom. The van der Waals surface area contributed by atoms with E-state index in [9.17, 15) is 0 Å². The predicted octanol–water partition coefficient (Wildman–Crippen LogP) is 5.86. The van der Waals surface area contributed by atoms with Crippen molar-refractivity contribution >= 4 is 21.6 Å². The van der Waals surface area contributed by atoms with Crippen LogP contribution in [0, 0.1) is 16.1 Å². The van der Waals surface area contributed by atoms with Gasteiger partial charge < -0.3 is 0 Å². The van der Waals surface area contributed by atoms with Crippen molar-refractivity contribution in [2.75, 3.05) is 0 Å². The molecular weight excluding hydrogens is 333 g/mol. The van der Waals surface area contributed by atoms with Crippen LogP contribution >= 0.6 is 0 Å². The fourth-order valence-electron chi connectivity index (χ4n) is 1.64. The van der Waals surface area contributed by atoms with Gasteiger partial charge in [0.25, 0.3) is 0 Å². The summed E-state index contributed by atoms with van der Waals surface area (Å²) in [7, 11) is -1.82. The zero-order valence-electron chi connectivity index (χ0n) is 16.1. The Labute approximate surface area is 137 Å². The Hall–Kier alpha value is 0.0197. The molecule has 21 heavy (non-hydrogen) atoms. The summed E-state index contributed by atoms with van der Waals surface area (Å²) in [5.41, 5.74) is -0.0508. The molecule has 122 valence electrons. The van der Waals surface area contributed by atoms with E-state index in [0.29, 0.717) is 0 Å². The Morgan fingerprint density at radius 2 is 1.52 bits per heavy atom. The minimum absolute atomic E-state index is 0.0144. The first-order valence-corrected chi connectivity index (χ1v) is 18.2. The maximum absolute atomic E-state index is 6.66. The molecule has 0 aliphatic rings. The summed E-state index contributed by atoms with van der Waals surface area (Å²) in [6.07, 6.45) is 4.33. The van der Waals surface area contributed by atoms with Crippen molar-refractivity contribution in [2.24, 2.45) is 5.41 Å². The zero-order chi connectivity index (χ0) is 17.1. The summed E-state index contributed by atoms with van der Waals surface area (Å²) >= 11 is -1.88. The van der Waals surface area contributed by atoms with E-state index in [4.69, 9.17) is 4.43 Å². The molecule has 1 unspecified atom stereocenters. The molecule has 0 N–H and O–H groups in total. The fraction of sp³-hybridized carbons (Fsp3) is 0.778. The number of allylic oxidation sites excluding steroid dienone is 1. The van der Waals surface area contributed by atoms with Crippen molar-refractivity contribution in [3.63, 3.8) is 0 Å². The average molecular weight is 369 g/mol. The Bertz CT molecular complexity index is 425. The van der Waals surface area contributed by atoms with Crippen molar-refractivity contribution in [3.8, 4) is 10.7 Å². The molecular formula is C18H36GeOSi. The predicted molar refractivity (Wildman–Crippen MR) is 102 cm³/mol. The van der Waals surface area contributed by atoms with E-state index in [2.05, 4.69) is 94.7 Å². The molecule has 0 rings (SSSR count). The van der Waals surface area contributed by atoms with Crippen LogP contribution in [-0.2, 0) is 4.43 Å². The van der Waals surface area contributed by atoms with Gasteiger partial charge in [-0.05, 0) is 0 Å². The van der Waals surface area contributed by atoms with E-state index in [1.165, 1.54) is 0 Å². The Morgan fingerprint density at radius 1 is 1.05 bits per heavy atom. The summed E-state index contributed by atoms with van der Waals surface area (Å²) in [6.45, 7) is 18.0. The second-order valence-electron chi connectivity index (χ2n) is 9.10. The molecule has 0 heterocycles. The van der Waals surface area contributed by atoms with Gasteiger partial charge in [-0.3, -0.25) is 0 Å². The van der Waals surface area contributed by atoms with Crippen LogP contribution in [0.4, 0.5) is 0 Å². The summed E-state index contributed by atoms with van der Waals surface area (Å²) in [4.78, 5) is 0. The topological polar surface area (TPSA) is 9.23 Å². The number of hydrogen-bond acceptors (Lipinski definition) is 1. The Balaban J connectivity index is 5.59. The van der Waals surface area contributed by atoms with Gasteiger partial charge in [-0.1, -0.05) is 0 Å². The molecule has 0 aliphatic carbocycles. The van der Waals surface area contributed by atoms with E-state index < -0.39 is 21.6 Å². The molecule has 0 aromatic carbocycles. The van der Waals surface area contributed by atoms with Crippen LogP contribution in [0.15, 0.2) is 12.2 Å². The van der Waals surface area contributed by atoms with Gasteiger partial charge in [-0.25, -0.2) is 0 Å². The summed E-state index contributed by atoms with van der Waals surface area (Å²) < 4.78 is 10.2. The van der Waals surface area contributed by atoms with Gasteiger partial charge in [-0.2, -0.15) is 0 Å². The summed E-state index contributed by atoms with van der Waals surface area (Å²) in [6, 6.07) is 0. The van der Waals surface area contributed by atoms with Crippen LogP contribution in [0.1, 0.15) is 41.5 Å². The zero-order valence-corrected chi connectivity index (χ0v) is 19.2. The molecule has 0 fully saturated rings. The molecule has 0 bridgehead atoms. The van der Waals surface area contributed by atoms with Crippen LogP contribution in [0.2, 0.25) is 35.4 Å². The van der Waals surface area contributed by atoms with Crippen molar-refractivity contribution in [1.82, 2.24) is 0 Å². The minimum atomic E-state index is -1.88. The summed E-state index contributed by atoms with van der Waals surface area (Å²) in [5.74, 6) is 10.5. The first kappa shape index (κ1) is 21.0. The molecule has 1 atom stereocenters. The van der Waals surface area contributed by atoms with Crippen molar-refractivity contribution < 1.29 is 4.43 Å². The first-order valence-electron chi connectivity index (χ1n) is 7.97. The standard InChI is InChI=1S/C18H36GeOSi/c1-12-14-18(5,6)16(13-15-19(7,8)9)20-21(10,11)17(2,3)4/h12,14,16H,1-11H3/b14-12+. The fourth-order valence-corrected chi connectivity index (χ4v) is 4.13. The molecule has 3 heteroatoms. The number of rotatable bonds is 4. The molecule has 0 aromatic heterocycles. The van der Waals surface area contributed by atoms with E-state index in [-0.39, 0.29) is 16.6 Å². The van der Waals surface area contributed by atoms with E-state index in [0.717, 1.165) is 0 Å². The van der Waals surface area contributed by atoms with Crippen LogP contribution in [0.25, 0.3) is 0 Å². The van der Waals surface area contributed by atoms with Gasteiger partial charge in [0.2, 0.25) is 0 Å². The van der Waals surface area contributed by atoms with Crippen LogP contribution in [0.5, 0.6) is 0 Å². The van der Waals surface area contributed by atoms with Crippen molar-refractivity contribution in [1.29, 1.82) is 0 Å². The monoisotopic (exact) mass is 370 g/mol. The van der Waals surface area contributed by atoms with Crippen molar-refractivity contribution in [2.45, 2.75) is 83.0 Å². The molecule has 1 nitrogen and oxygen atoms in total. The van der Waals surface area contributed by atoms with Gasteiger partial charge in [-0.15, -0.1) is 0 Å². The molecule has 0 radical (unpaired) electrons. The van der Waals surface area contributed by atoms with Crippen LogP contribution < -0.4 is 0 Å². The van der Waals surface area contributed by atoms with Crippen molar-refractivity contribution in [3.05, 3.63) is 12.2 Å². The van der Waals surface area contributed by atoms with Gasteiger partial charge in [0, 0.05) is 0 Å². The SMILES string of the molecule is C/C=C/C(C)(C)C(C#[C][Ge]([CH3])([CH3])[CH3])O[Si](C)(C)C(C)(C)C. The maximum atomic E-state index is 6.66. The van der Waals surface area contributed by atoms with E-state index >= 15 is 0 Å². The Kier molecular flexibility index (Phi) is 7.07. The normalized spacial score (nSPS) is 15.8. The second kappa shape index (κ2) is 7.06. The van der Waals surface area contributed by atoms with Crippen LogP contribution in [0.3, 0.4) is 0 Å². The molecule has 0 amide bonds. The van der Waals surface area contributed by atoms with Gasteiger partial charge in [0.15, 0.2) is 0 Å². The molecule has 0 saturated heterocycles. The quantitative estimate of drug-likeness (QED) is 0.343.